The minimum atomic E-state index is 0.183. The maximum atomic E-state index is 2.36. The highest BCUT2D eigenvalue weighted by Crippen LogP contribution is 2.32. The average molecular weight is 385 g/mol. The number of rotatable bonds is 4. The Kier molecular flexibility index (Phi) is 6.03. The molecule has 0 nitrogen and oxygen atoms in total. The predicted octanol–water partition coefficient (Wildman–Crippen LogP) is 8.57. The molecule has 0 heteroatoms. The number of hydrogen-bond acceptors (Lipinski definition) is 0. The molecule has 0 amide bonds. The average Bonchev–Trinajstić information content (AvgIpc) is 2.67. The molecule has 29 heavy (non-hydrogen) atoms. The van der Waals surface area contributed by atoms with Crippen LogP contribution < -0.4 is 0 Å². The lowest BCUT2D eigenvalue weighted by molar-refractivity contribution is 0.590. The molecule has 0 spiro atoms. The van der Waals surface area contributed by atoms with Gasteiger partial charge in [0.15, 0.2) is 0 Å². The molecule has 0 saturated carbocycles. The van der Waals surface area contributed by atoms with Crippen LogP contribution in [0.25, 0.3) is 22.3 Å². The van der Waals surface area contributed by atoms with Gasteiger partial charge in [0, 0.05) is 0 Å². The molecule has 3 rings (SSSR count). The summed E-state index contributed by atoms with van der Waals surface area (Å²) in [5.41, 5.74) is 9.75. The Morgan fingerprint density at radius 1 is 0.517 bits per heavy atom. The first-order valence-electron chi connectivity index (χ1n) is 10.9. The van der Waals surface area contributed by atoms with Crippen LogP contribution >= 0.6 is 0 Å². The van der Waals surface area contributed by atoms with Gasteiger partial charge in [0.25, 0.3) is 0 Å². The normalized spacial score (nSPS) is 12.2. The fraction of sp³-hybridized carbons (Fsp3) is 0.379. The van der Waals surface area contributed by atoms with E-state index in [4.69, 9.17) is 0 Å². The van der Waals surface area contributed by atoms with Crippen LogP contribution in [0.2, 0.25) is 0 Å². The van der Waals surface area contributed by atoms with Crippen molar-refractivity contribution in [1.29, 1.82) is 0 Å². The summed E-state index contributed by atoms with van der Waals surface area (Å²) in [6.45, 7) is 15.9. The third-order valence-corrected chi connectivity index (χ3v) is 5.70. The molecule has 0 aromatic heterocycles. The second kappa shape index (κ2) is 8.19. The first kappa shape index (κ1) is 21.4. The molecule has 3 aromatic rings. The second-order valence-corrected chi connectivity index (χ2v) is 10.3. The zero-order chi connectivity index (χ0) is 21.2. The Bertz CT molecular complexity index is 867. The highest BCUT2D eigenvalue weighted by molar-refractivity contribution is 5.74. The van der Waals surface area contributed by atoms with Gasteiger partial charge in [-0.2, -0.15) is 0 Å². The third kappa shape index (κ3) is 5.18. The van der Waals surface area contributed by atoms with E-state index in [0.29, 0.717) is 0 Å². The summed E-state index contributed by atoms with van der Waals surface area (Å²) >= 11 is 0. The minimum absolute atomic E-state index is 0.183. The lowest BCUT2D eigenvalue weighted by Gasteiger charge is -2.20. The van der Waals surface area contributed by atoms with E-state index in [1.165, 1.54) is 38.9 Å². The molecule has 0 N–H and O–H groups in total. The van der Waals surface area contributed by atoms with E-state index < -0.39 is 0 Å². The molecule has 3 aromatic carbocycles. The number of hydrogen-bond donors (Lipinski definition) is 0. The Hall–Kier alpha value is -2.34. The molecule has 0 fully saturated rings. The monoisotopic (exact) mass is 384 g/mol. The van der Waals surface area contributed by atoms with E-state index in [1.807, 2.05) is 0 Å². The van der Waals surface area contributed by atoms with Crippen molar-refractivity contribution in [2.24, 2.45) is 0 Å². The molecule has 0 bridgehead atoms. The molecule has 0 aliphatic rings. The first-order chi connectivity index (χ1) is 13.6. The maximum absolute atomic E-state index is 2.36. The summed E-state index contributed by atoms with van der Waals surface area (Å²) in [6.07, 6.45) is 2.27. The van der Waals surface area contributed by atoms with Crippen molar-refractivity contribution in [2.45, 2.75) is 72.1 Å². The largest absolute Gasteiger partial charge is 0.0651 e. The predicted molar refractivity (Wildman–Crippen MR) is 129 cm³/mol. The third-order valence-electron chi connectivity index (χ3n) is 5.70. The molecule has 0 aliphatic carbocycles. The number of benzene rings is 3. The molecular weight excluding hydrogens is 348 g/mol. The Morgan fingerprint density at radius 3 is 1.21 bits per heavy atom. The quantitative estimate of drug-likeness (QED) is 0.422. The van der Waals surface area contributed by atoms with E-state index in [-0.39, 0.29) is 10.8 Å². The summed E-state index contributed by atoms with van der Waals surface area (Å²) in [4.78, 5) is 0. The van der Waals surface area contributed by atoms with Gasteiger partial charge in [-0.05, 0) is 62.3 Å². The fourth-order valence-electron chi connectivity index (χ4n) is 3.78. The van der Waals surface area contributed by atoms with E-state index in [1.54, 1.807) is 0 Å². The molecule has 0 aliphatic heterocycles. The smallest absolute Gasteiger partial charge is 0.0132 e. The Morgan fingerprint density at radius 2 is 0.897 bits per heavy atom. The van der Waals surface area contributed by atoms with E-state index >= 15 is 0 Å². The van der Waals surface area contributed by atoms with Gasteiger partial charge in [0.2, 0.25) is 0 Å². The van der Waals surface area contributed by atoms with Gasteiger partial charge in [0.05, 0.1) is 0 Å². The molecule has 0 heterocycles. The standard InChI is InChI=1S/C29H36/c1-8-9-21-18-24(22-10-14-26(15-11-22)28(2,3)4)20-25(19-21)23-12-16-27(17-13-23)29(5,6)7/h10-20H,8-9H2,1-7H3. The highest BCUT2D eigenvalue weighted by Gasteiger charge is 2.15. The fourth-order valence-corrected chi connectivity index (χ4v) is 3.78. The highest BCUT2D eigenvalue weighted by atomic mass is 14.2. The summed E-state index contributed by atoms with van der Waals surface area (Å²) in [6, 6.07) is 25.3. The van der Waals surface area contributed by atoms with Crippen molar-refractivity contribution in [2.75, 3.05) is 0 Å². The lowest BCUT2D eigenvalue weighted by atomic mass is 9.85. The number of aryl methyl sites for hydroxylation is 1. The maximum Gasteiger partial charge on any atom is -0.0132 e. The van der Waals surface area contributed by atoms with E-state index in [2.05, 4.69) is 115 Å². The Balaban J connectivity index is 2.02. The van der Waals surface area contributed by atoms with Gasteiger partial charge in [-0.3, -0.25) is 0 Å². The van der Waals surface area contributed by atoms with Crippen molar-refractivity contribution in [3.63, 3.8) is 0 Å². The van der Waals surface area contributed by atoms with Crippen molar-refractivity contribution in [3.8, 4) is 22.3 Å². The zero-order valence-electron chi connectivity index (χ0n) is 19.3. The summed E-state index contributed by atoms with van der Waals surface area (Å²) < 4.78 is 0. The second-order valence-electron chi connectivity index (χ2n) is 10.3. The van der Waals surface area contributed by atoms with Crippen LogP contribution in [-0.2, 0) is 17.3 Å². The molecule has 0 saturated heterocycles. The van der Waals surface area contributed by atoms with Crippen molar-refractivity contribution >= 4 is 0 Å². The van der Waals surface area contributed by atoms with Crippen LogP contribution in [0.1, 0.15) is 71.6 Å². The van der Waals surface area contributed by atoms with Crippen LogP contribution in [0, 0.1) is 0 Å². The van der Waals surface area contributed by atoms with Gasteiger partial charge in [-0.25, -0.2) is 0 Å². The molecule has 0 unspecified atom stereocenters. The summed E-state index contributed by atoms with van der Waals surface area (Å²) in [5, 5.41) is 0. The first-order valence-corrected chi connectivity index (χ1v) is 10.9. The van der Waals surface area contributed by atoms with Crippen molar-refractivity contribution in [1.82, 2.24) is 0 Å². The van der Waals surface area contributed by atoms with Gasteiger partial charge < -0.3 is 0 Å². The molecule has 0 radical (unpaired) electrons. The SMILES string of the molecule is CCCc1cc(-c2ccc(C(C)(C)C)cc2)cc(-c2ccc(C(C)(C)C)cc2)c1. The molecule has 152 valence electrons. The molecule has 0 atom stereocenters. The summed E-state index contributed by atoms with van der Waals surface area (Å²) in [7, 11) is 0. The lowest BCUT2D eigenvalue weighted by Crippen LogP contribution is -2.10. The topological polar surface area (TPSA) is 0 Å². The van der Waals surface area contributed by atoms with Crippen LogP contribution in [0.5, 0.6) is 0 Å². The molecular formula is C29H36. The van der Waals surface area contributed by atoms with Crippen molar-refractivity contribution < 1.29 is 0 Å². The zero-order valence-corrected chi connectivity index (χ0v) is 19.3. The van der Waals surface area contributed by atoms with Crippen LogP contribution in [-0.4, -0.2) is 0 Å². The van der Waals surface area contributed by atoms with Gasteiger partial charge in [-0.15, -0.1) is 0 Å². The summed E-state index contributed by atoms with van der Waals surface area (Å²) in [5.74, 6) is 0. The Labute approximate surface area is 178 Å². The van der Waals surface area contributed by atoms with Crippen molar-refractivity contribution in [3.05, 3.63) is 83.4 Å². The van der Waals surface area contributed by atoms with Crippen LogP contribution in [0.4, 0.5) is 0 Å². The van der Waals surface area contributed by atoms with Crippen LogP contribution in [0.15, 0.2) is 66.7 Å². The van der Waals surface area contributed by atoms with Gasteiger partial charge in [0.1, 0.15) is 0 Å². The van der Waals surface area contributed by atoms with E-state index in [0.717, 1.165) is 12.8 Å². The van der Waals surface area contributed by atoms with Gasteiger partial charge in [-0.1, -0.05) is 116 Å². The van der Waals surface area contributed by atoms with Gasteiger partial charge >= 0.3 is 0 Å². The van der Waals surface area contributed by atoms with E-state index in [9.17, 15) is 0 Å². The minimum Gasteiger partial charge on any atom is -0.0651 e. The van der Waals surface area contributed by atoms with Crippen LogP contribution in [0.3, 0.4) is 0 Å².